The van der Waals surface area contributed by atoms with Gasteiger partial charge in [0.05, 0.1) is 24.6 Å². The summed E-state index contributed by atoms with van der Waals surface area (Å²) in [5.74, 6) is -0.0881. The predicted octanol–water partition coefficient (Wildman–Crippen LogP) is 0.893. The van der Waals surface area contributed by atoms with Gasteiger partial charge in [-0.05, 0) is 12.8 Å². The first kappa shape index (κ1) is 15.9. The van der Waals surface area contributed by atoms with Crippen LogP contribution in [0.1, 0.15) is 33.1 Å². The molecule has 0 aliphatic heterocycles. The Morgan fingerprint density at radius 3 is 2.41 bits per heavy atom. The molecule has 0 aromatic heterocycles. The molecule has 0 aliphatic rings. The molecule has 0 radical (unpaired) electrons. The minimum atomic E-state index is -0.816. The van der Waals surface area contributed by atoms with E-state index in [4.69, 9.17) is 15.7 Å². The number of rotatable bonds is 8. The maximum absolute atomic E-state index is 12.3. The Hall–Kier alpha value is -1.12. The van der Waals surface area contributed by atoms with Gasteiger partial charge in [-0.2, -0.15) is 5.26 Å². The first-order chi connectivity index (χ1) is 8.05. The van der Waals surface area contributed by atoms with Crippen LogP contribution in [0.2, 0.25) is 0 Å². The molecule has 0 fully saturated rings. The van der Waals surface area contributed by atoms with Crippen LogP contribution in [-0.2, 0) is 9.53 Å². The molecule has 0 rings (SSSR count). The minimum absolute atomic E-state index is 0.0881. The van der Waals surface area contributed by atoms with Crippen molar-refractivity contribution in [1.82, 2.24) is 4.90 Å². The van der Waals surface area contributed by atoms with E-state index < -0.39 is 5.54 Å². The van der Waals surface area contributed by atoms with Gasteiger partial charge in [-0.3, -0.25) is 4.79 Å². The Morgan fingerprint density at radius 1 is 1.41 bits per heavy atom. The summed E-state index contributed by atoms with van der Waals surface area (Å²) in [5, 5.41) is 8.59. The van der Waals surface area contributed by atoms with Crippen molar-refractivity contribution in [2.45, 2.75) is 38.6 Å². The molecule has 0 saturated carbocycles. The third-order valence-electron chi connectivity index (χ3n) is 3.03. The summed E-state index contributed by atoms with van der Waals surface area (Å²) in [7, 11) is 1.59. The minimum Gasteiger partial charge on any atom is -0.383 e. The molecule has 0 atom stereocenters. The number of ether oxygens (including phenoxy) is 1. The Kier molecular flexibility index (Phi) is 7.51. The zero-order valence-corrected chi connectivity index (χ0v) is 11.0. The number of methoxy groups -OCH3 is 1. The number of carbonyl (C=O) groups excluding carboxylic acids is 1. The highest BCUT2D eigenvalue weighted by Crippen LogP contribution is 2.15. The van der Waals surface area contributed by atoms with Crippen molar-refractivity contribution in [1.29, 1.82) is 5.26 Å². The van der Waals surface area contributed by atoms with Crippen LogP contribution in [0, 0.1) is 11.3 Å². The van der Waals surface area contributed by atoms with Crippen LogP contribution >= 0.6 is 0 Å². The van der Waals surface area contributed by atoms with Gasteiger partial charge in [-0.15, -0.1) is 0 Å². The van der Waals surface area contributed by atoms with Crippen LogP contribution in [0.25, 0.3) is 0 Å². The Bertz CT molecular complexity index is 269. The first-order valence-corrected chi connectivity index (χ1v) is 5.99. The highest BCUT2D eigenvalue weighted by atomic mass is 16.5. The van der Waals surface area contributed by atoms with Gasteiger partial charge in [0, 0.05) is 20.2 Å². The summed E-state index contributed by atoms with van der Waals surface area (Å²) < 4.78 is 4.96. The Morgan fingerprint density at radius 2 is 2.00 bits per heavy atom. The molecular weight excluding hydrogens is 218 g/mol. The molecule has 0 aromatic carbocycles. The van der Waals surface area contributed by atoms with Gasteiger partial charge in [-0.1, -0.05) is 13.8 Å². The molecule has 5 heteroatoms. The van der Waals surface area contributed by atoms with Gasteiger partial charge in [0.15, 0.2) is 0 Å². The monoisotopic (exact) mass is 241 g/mol. The smallest absolute Gasteiger partial charge is 0.242 e. The lowest BCUT2D eigenvalue weighted by Gasteiger charge is -2.32. The summed E-state index contributed by atoms with van der Waals surface area (Å²) in [6, 6.07) is 2.04. The predicted molar refractivity (Wildman–Crippen MR) is 66.2 cm³/mol. The summed E-state index contributed by atoms with van der Waals surface area (Å²) in [4.78, 5) is 13.9. The average Bonchev–Trinajstić information content (AvgIpc) is 2.37. The second kappa shape index (κ2) is 8.04. The second-order valence-corrected chi connectivity index (χ2v) is 4.06. The molecule has 0 saturated heterocycles. The van der Waals surface area contributed by atoms with E-state index in [0.717, 1.165) is 0 Å². The Balaban J connectivity index is 4.66. The van der Waals surface area contributed by atoms with Gasteiger partial charge in [-0.25, -0.2) is 0 Å². The number of nitrogens with two attached hydrogens (primary N) is 1. The average molecular weight is 241 g/mol. The molecule has 5 nitrogen and oxygen atoms in total. The first-order valence-electron chi connectivity index (χ1n) is 5.99. The molecule has 0 aliphatic carbocycles. The van der Waals surface area contributed by atoms with Crippen LogP contribution in [-0.4, -0.2) is 43.2 Å². The van der Waals surface area contributed by atoms with Gasteiger partial charge in [0.25, 0.3) is 0 Å². The van der Waals surface area contributed by atoms with E-state index in [0.29, 0.717) is 39.0 Å². The summed E-state index contributed by atoms with van der Waals surface area (Å²) in [6.07, 6.45) is 1.51. The fourth-order valence-corrected chi connectivity index (χ4v) is 1.57. The number of carbonyl (C=O) groups is 1. The molecule has 17 heavy (non-hydrogen) atoms. The lowest BCUT2D eigenvalue weighted by atomic mass is 9.92. The zero-order chi connectivity index (χ0) is 13.3. The molecule has 98 valence electrons. The van der Waals surface area contributed by atoms with E-state index in [2.05, 4.69) is 0 Å². The van der Waals surface area contributed by atoms with Gasteiger partial charge >= 0.3 is 0 Å². The van der Waals surface area contributed by atoms with Crippen molar-refractivity contribution in [3.63, 3.8) is 0 Å². The molecular formula is C12H23N3O2. The lowest BCUT2D eigenvalue weighted by Crippen LogP contribution is -2.55. The normalized spacial score (nSPS) is 11.0. The van der Waals surface area contributed by atoms with Crippen LogP contribution in [0.3, 0.4) is 0 Å². The quantitative estimate of drug-likeness (QED) is 0.684. The molecule has 0 bridgehead atoms. The highest BCUT2D eigenvalue weighted by Gasteiger charge is 2.33. The molecule has 0 spiro atoms. The second-order valence-electron chi connectivity index (χ2n) is 4.06. The summed E-state index contributed by atoms with van der Waals surface area (Å²) >= 11 is 0. The fraction of sp³-hybridized carbons (Fsp3) is 0.833. The lowest BCUT2D eigenvalue weighted by molar-refractivity contribution is -0.137. The van der Waals surface area contributed by atoms with E-state index in [1.54, 1.807) is 12.0 Å². The Labute approximate surface area is 104 Å². The van der Waals surface area contributed by atoms with Crippen molar-refractivity contribution in [2.24, 2.45) is 5.73 Å². The summed E-state index contributed by atoms with van der Waals surface area (Å²) in [5.41, 5.74) is 5.25. The maximum Gasteiger partial charge on any atom is 0.242 e. The molecule has 0 aromatic rings. The van der Waals surface area contributed by atoms with Gasteiger partial charge in [0.2, 0.25) is 5.91 Å². The number of nitriles is 1. The van der Waals surface area contributed by atoms with Crippen molar-refractivity contribution in [3.8, 4) is 6.07 Å². The topological polar surface area (TPSA) is 79.4 Å². The molecule has 0 unspecified atom stereocenters. The van der Waals surface area contributed by atoms with E-state index in [9.17, 15) is 4.79 Å². The fourth-order valence-electron chi connectivity index (χ4n) is 1.57. The van der Waals surface area contributed by atoms with E-state index in [-0.39, 0.29) is 5.91 Å². The van der Waals surface area contributed by atoms with Gasteiger partial charge < -0.3 is 15.4 Å². The van der Waals surface area contributed by atoms with Crippen molar-refractivity contribution < 1.29 is 9.53 Å². The molecule has 1 amide bonds. The van der Waals surface area contributed by atoms with Crippen LogP contribution in [0.4, 0.5) is 0 Å². The van der Waals surface area contributed by atoms with Crippen LogP contribution < -0.4 is 5.73 Å². The zero-order valence-electron chi connectivity index (χ0n) is 11.0. The SMILES string of the molecule is CCC(N)(CC)C(=O)N(CCC#N)CCOC. The summed E-state index contributed by atoms with van der Waals surface area (Å²) in [6.45, 7) is 5.16. The number of nitrogens with zero attached hydrogens (tertiary/aromatic N) is 2. The largest absolute Gasteiger partial charge is 0.383 e. The molecule has 2 N–H and O–H groups in total. The third kappa shape index (κ3) is 4.72. The maximum atomic E-state index is 12.3. The molecule has 0 heterocycles. The van der Waals surface area contributed by atoms with E-state index in [1.807, 2.05) is 19.9 Å². The van der Waals surface area contributed by atoms with E-state index >= 15 is 0 Å². The third-order valence-corrected chi connectivity index (χ3v) is 3.03. The van der Waals surface area contributed by atoms with E-state index in [1.165, 1.54) is 0 Å². The standard InChI is InChI=1S/C12H23N3O2/c1-4-12(14,5-2)11(16)15(8-6-7-13)9-10-17-3/h4-6,8-10,14H2,1-3H3. The highest BCUT2D eigenvalue weighted by molar-refractivity contribution is 5.86. The van der Waals surface area contributed by atoms with Crippen LogP contribution in [0.5, 0.6) is 0 Å². The van der Waals surface area contributed by atoms with Crippen molar-refractivity contribution >= 4 is 5.91 Å². The van der Waals surface area contributed by atoms with Crippen molar-refractivity contribution in [3.05, 3.63) is 0 Å². The number of hydrogen-bond donors (Lipinski definition) is 1. The number of amides is 1. The number of hydrogen-bond acceptors (Lipinski definition) is 4. The van der Waals surface area contributed by atoms with Crippen molar-refractivity contribution in [2.75, 3.05) is 26.8 Å². The van der Waals surface area contributed by atoms with Crippen LogP contribution in [0.15, 0.2) is 0 Å². The van der Waals surface area contributed by atoms with Gasteiger partial charge in [0.1, 0.15) is 0 Å².